The van der Waals surface area contributed by atoms with Gasteiger partial charge in [0.25, 0.3) is 0 Å². The highest BCUT2D eigenvalue weighted by molar-refractivity contribution is 6.36. The van der Waals surface area contributed by atoms with E-state index in [0.717, 1.165) is 12.8 Å². The number of hydrogen-bond acceptors (Lipinski definition) is 4. The monoisotopic (exact) mass is 293 g/mol. The van der Waals surface area contributed by atoms with Gasteiger partial charge >= 0.3 is 5.97 Å². The lowest BCUT2D eigenvalue weighted by Gasteiger charge is -2.08. The number of rotatable bonds is 6. The van der Waals surface area contributed by atoms with Gasteiger partial charge in [-0.3, -0.25) is 4.79 Å². The van der Waals surface area contributed by atoms with E-state index < -0.39 is 11.8 Å². The maximum atomic E-state index is 12.4. The lowest BCUT2D eigenvalue weighted by molar-refractivity contribution is -0.138. The van der Waals surface area contributed by atoms with Crippen LogP contribution in [0.4, 0.5) is 0 Å². The van der Waals surface area contributed by atoms with Crippen LogP contribution in [-0.4, -0.2) is 24.4 Å². The maximum absolute atomic E-state index is 12.4. The number of ketones is 1. The molecule has 2 rings (SSSR count). The number of carbonyl (C=O) groups excluding carboxylic acids is 2. The van der Waals surface area contributed by atoms with Crippen molar-refractivity contribution in [3.63, 3.8) is 0 Å². The summed E-state index contributed by atoms with van der Waals surface area (Å²) in [5.41, 5.74) is 0.276. The van der Waals surface area contributed by atoms with Crippen molar-refractivity contribution in [2.45, 2.75) is 25.8 Å². The van der Waals surface area contributed by atoms with Crippen molar-refractivity contribution in [3.8, 4) is 0 Å². The molecule has 1 saturated carbocycles. The van der Waals surface area contributed by atoms with Gasteiger partial charge in [0.1, 0.15) is 5.57 Å². The first-order valence-corrected chi connectivity index (χ1v) is 6.93. The Morgan fingerprint density at radius 1 is 1.40 bits per heavy atom. The van der Waals surface area contributed by atoms with E-state index in [0.29, 0.717) is 16.6 Å². The second-order valence-corrected chi connectivity index (χ2v) is 4.94. The smallest absolute Gasteiger partial charge is 0.343 e. The lowest BCUT2D eigenvalue weighted by atomic mass is 10.0. The van der Waals surface area contributed by atoms with Gasteiger partial charge in [-0.15, -0.1) is 0 Å². The zero-order valence-electron chi connectivity index (χ0n) is 11.2. The summed E-state index contributed by atoms with van der Waals surface area (Å²) in [5, 5.41) is 3.36. The summed E-state index contributed by atoms with van der Waals surface area (Å²) in [6, 6.07) is 6.99. The molecule has 1 fully saturated rings. The van der Waals surface area contributed by atoms with Crippen LogP contribution in [0.3, 0.4) is 0 Å². The molecule has 0 bridgehead atoms. The maximum Gasteiger partial charge on any atom is 0.343 e. The standard InChI is InChI=1S/C15H16ClNO3/c1-2-20-15(19)12(9-17-10-7-8-10)14(18)11-5-3-4-6-13(11)16/h3-6,9-10,17H,2,7-8H2,1H3. The second-order valence-electron chi connectivity index (χ2n) is 4.53. The van der Waals surface area contributed by atoms with Gasteiger partial charge in [0.05, 0.1) is 11.6 Å². The molecule has 0 aliphatic heterocycles. The average molecular weight is 294 g/mol. The summed E-state index contributed by atoms with van der Waals surface area (Å²) in [6.45, 7) is 1.92. The van der Waals surface area contributed by atoms with E-state index in [9.17, 15) is 9.59 Å². The summed E-state index contributed by atoms with van der Waals surface area (Å²) in [6.07, 6.45) is 3.54. The molecule has 1 aromatic carbocycles. The van der Waals surface area contributed by atoms with Gasteiger partial charge in [-0.05, 0) is 31.9 Å². The molecule has 5 heteroatoms. The Morgan fingerprint density at radius 2 is 2.10 bits per heavy atom. The minimum absolute atomic E-state index is 0.0214. The number of hydrogen-bond donors (Lipinski definition) is 1. The first-order valence-electron chi connectivity index (χ1n) is 6.56. The molecule has 0 heterocycles. The number of nitrogens with one attached hydrogen (secondary N) is 1. The van der Waals surface area contributed by atoms with E-state index in [1.165, 1.54) is 6.20 Å². The number of ether oxygens (including phenoxy) is 1. The van der Waals surface area contributed by atoms with E-state index in [1.807, 2.05) is 0 Å². The average Bonchev–Trinajstić information content (AvgIpc) is 3.23. The molecule has 106 valence electrons. The fourth-order valence-electron chi connectivity index (χ4n) is 1.67. The number of esters is 1. The Balaban J connectivity index is 2.25. The Hall–Kier alpha value is -1.81. The van der Waals surface area contributed by atoms with Crippen LogP contribution >= 0.6 is 11.6 Å². The zero-order chi connectivity index (χ0) is 14.5. The summed E-state index contributed by atoms with van der Waals surface area (Å²) >= 11 is 6.00. The van der Waals surface area contributed by atoms with Gasteiger partial charge in [-0.25, -0.2) is 4.79 Å². The third kappa shape index (κ3) is 3.61. The fraction of sp³-hybridized carbons (Fsp3) is 0.333. The molecule has 0 unspecified atom stereocenters. The number of Topliss-reactive ketones (excluding diaryl/α,β-unsaturated/α-hetero) is 1. The van der Waals surface area contributed by atoms with E-state index in [1.54, 1.807) is 31.2 Å². The molecule has 1 aliphatic rings. The predicted molar refractivity (Wildman–Crippen MR) is 76.7 cm³/mol. The van der Waals surface area contributed by atoms with Crippen LogP contribution in [0.2, 0.25) is 5.02 Å². The molecular formula is C15H16ClNO3. The lowest BCUT2D eigenvalue weighted by Crippen LogP contribution is -2.20. The van der Waals surface area contributed by atoms with Crippen LogP contribution in [0, 0.1) is 0 Å². The van der Waals surface area contributed by atoms with Crippen LogP contribution < -0.4 is 5.32 Å². The second kappa shape index (κ2) is 6.57. The molecule has 4 nitrogen and oxygen atoms in total. The number of carbonyl (C=O) groups is 2. The molecular weight excluding hydrogens is 278 g/mol. The van der Waals surface area contributed by atoms with E-state index in [4.69, 9.17) is 16.3 Å². The van der Waals surface area contributed by atoms with Crippen LogP contribution in [-0.2, 0) is 9.53 Å². The molecule has 1 N–H and O–H groups in total. The summed E-state index contributed by atoms with van der Waals surface area (Å²) in [7, 11) is 0. The molecule has 0 atom stereocenters. The molecule has 0 aromatic heterocycles. The van der Waals surface area contributed by atoms with Gasteiger partial charge in [0, 0.05) is 17.8 Å². The quantitative estimate of drug-likeness (QED) is 0.288. The van der Waals surface area contributed by atoms with E-state index >= 15 is 0 Å². The van der Waals surface area contributed by atoms with Gasteiger partial charge in [0.2, 0.25) is 5.78 Å². The van der Waals surface area contributed by atoms with Crippen molar-refractivity contribution >= 4 is 23.4 Å². The molecule has 0 saturated heterocycles. The molecule has 1 aliphatic carbocycles. The third-order valence-corrected chi connectivity index (χ3v) is 3.23. The first-order chi connectivity index (χ1) is 9.63. The Labute approximate surface area is 122 Å². The van der Waals surface area contributed by atoms with Gasteiger partial charge in [0.15, 0.2) is 0 Å². The van der Waals surface area contributed by atoms with Crippen molar-refractivity contribution in [1.82, 2.24) is 5.32 Å². The van der Waals surface area contributed by atoms with Crippen LogP contribution in [0.5, 0.6) is 0 Å². The molecule has 0 amide bonds. The summed E-state index contributed by atoms with van der Waals surface area (Å²) in [4.78, 5) is 24.3. The zero-order valence-corrected chi connectivity index (χ0v) is 11.9. The number of benzene rings is 1. The van der Waals surface area contributed by atoms with Crippen LogP contribution in [0.15, 0.2) is 36.0 Å². The largest absolute Gasteiger partial charge is 0.462 e. The normalized spacial score (nSPS) is 14.8. The first kappa shape index (κ1) is 14.6. The van der Waals surface area contributed by atoms with Crippen molar-refractivity contribution in [2.75, 3.05) is 6.61 Å². The van der Waals surface area contributed by atoms with E-state index in [-0.39, 0.29) is 12.2 Å². The van der Waals surface area contributed by atoms with Crippen molar-refractivity contribution in [2.24, 2.45) is 0 Å². The number of halogens is 1. The Kier molecular flexibility index (Phi) is 4.79. The predicted octanol–water partition coefficient (Wildman–Crippen LogP) is 2.72. The van der Waals surface area contributed by atoms with Crippen LogP contribution in [0.25, 0.3) is 0 Å². The highest BCUT2D eigenvalue weighted by Gasteiger charge is 2.25. The SMILES string of the molecule is CCOC(=O)C(=CNC1CC1)C(=O)c1ccccc1Cl. The fourth-order valence-corrected chi connectivity index (χ4v) is 1.89. The molecule has 20 heavy (non-hydrogen) atoms. The highest BCUT2D eigenvalue weighted by Crippen LogP contribution is 2.21. The van der Waals surface area contributed by atoms with Crippen LogP contribution in [0.1, 0.15) is 30.1 Å². The van der Waals surface area contributed by atoms with Gasteiger partial charge in [-0.2, -0.15) is 0 Å². The molecule has 1 aromatic rings. The van der Waals surface area contributed by atoms with E-state index in [2.05, 4.69) is 5.32 Å². The Bertz CT molecular complexity index is 550. The minimum atomic E-state index is -0.634. The molecule has 0 radical (unpaired) electrons. The van der Waals surface area contributed by atoms with Gasteiger partial charge < -0.3 is 10.1 Å². The van der Waals surface area contributed by atoms with Crippen molar-refractivity contribution in [1.29, 1.82) is 0 Å². The van der Waals surface area contributed by atoms with Crippen molar-refractivity contribution in [3.05, 3.63) is 46.6 Å². The summed E-state index contributed by atoms with van der Waals surface area (Å²) < 4.78 is 4.93. The molecule has 0 spiro atoms. The summed E-state index contributed by atoms with van der Waals surface area (Å²) in [5.74, 6) is -1.06. The van der Waals surface area contributed by atoms with Gasteiger partial charge in [-0.1, -0.05) is 23.7 Å². The third-order valence-electron chi connectivity index (χ3n) is 2.90. The topological polar surface area (TPSA) is 55.4 Å². The van der Waals surface area contributed by atoms with Crippen molar-refractivity contribution < 1.29 is 14.3 Å². The minimum Gasteiger partial charge on any atom is -0.462 e. The highest BCUT2D eigenvalue weighted by atomic mass is 35.5. The Morgan fingerprint density at radius 3 is 2.70 bits per heavy atom.